The van der Waals surface area contributed by atoms with Gasteiger partial charge in [0.1, 0.15) is 5.82 Å². The molecular formula is C22H31N5O4. The molecule has 0 amide bonds. The highest BCUT2D eigenvalue weighted by atomic mass is 16.5. The number of fused-ring (bicyclic) bond motifs is 1. The van der Waals surface area contributed by atoms with Gasteiger partial charge in [0.25, 0.3) is 5.56 Å². The lowest BCUT2D eigenvalue weighted by Gasteiger charge is -2.19. The second kappa shape index (κ2) is 9.38. The summed E-state index contributed by atoms with van der Waals surface area (Å²) in [6.45, 7) is 7.46. The molecule has 0 unspecified atom stereocenters. The fourth-order valence-corrected chi connectivity index (χ4v) is 3.82. The second-order valence-corrected chi connectivity index (χ2v) is 7.45. The Morgan fingerprint density at radius 1 is 1.00 bits per heavy atom. The number of hydrogen-bond donors (Lipinski definition) is 0. The largest absolute Gasteiger partial charge is 0.493 e. The third-order valence-corrected chi connectivity index (χ3v) is 5.77. The molecule has 3 rings (SSSR count). The molecule has 0 N–H and O–H groups in total. The standard InChI is InChI=1S/C22H31N5O4/c1-7-26(8-2)11-12-27-18(14-15-9-10-16(30-5)17(13-15)31-6)23-20-19(27)21(28)25(4)22(29)24(20)3/h9-10,13H,7-8,11-12,14H2,1-6H3. The topological polar surface area (TPSA) is 83.5 Å². The van der Waals surface area contributed by atoms with Crippen molar-refractivity contribution in [1.29, 1.82) is 0 Å². The lowest BCUT2D eigenvalue weighted by molar-refractivity contribution is 0.290. The number of ether oxygens (including phenoxy) is 2. The highest BCUT2D eigenvalue weighted by molar-refractivity contribution is 5.71. The van der Waals surface area contributed by atoms with Gasteiger partial charge in [-0.05, 0) is 30.8 Å². The monoisotopic (exact) mass is 429 g/mol. The molecule has 2 aromatic heterocycles. The van der Waals surface area contributed by atoms with Gasteiger partial charge in [-0.3, -0.25) is 13.9 Å². The Labute approximate surface area is 181 Å². The molecule has 0 aliphatic carbocycles. The maximum absolute atomic E-state index is 13.0. The maximum Gasteiger partial charge on any atom is 0.332 e. The van der Waals surface area contributed by atoms with Crippen molar-refractivity contribution in [3.05, 3.63) is 50.4 Å². The lowest BCUT2D eigenvalue weighted by atomic mass is 10.1. The van der Waals surface area contributed by atoms with E-state index in [4.69, 9.17) is 14.5 Å². The average Bonchev–Trinajstić information content (AvgIpc) is 3.14. The van der Waals surface area contributed by atoms with Crippen LogP contribution in [-0.2, 0) is 27.1 Å². The number of aryl methyl sites for hydroxylation is 1. The van der Waals surface area contributed by atoms with E-state index in [1.54, 1.807) is 21.3 Å². The van der Waals surface area contributed by atoms with Gasteiger partial charge in [-0.25, -0.2) is 9.78 Å². The predicted molar refractivity (Wildman–Crippen MR) is 120 cm³/mol. The van der Waals surface area contributed by atoms with Crippen LogP contribution in [0.25, 0.3) is 11.2 Å². The molecule has 9 heteroatoms. The van der Waals surface area contributed by atoms with Crippen molar-refractivity contribution >= 4 is 11.2 Å². The molecule has 2 heterocycles. The van der Waals surface area contributed by atoms with Crippen molar-refractivity contribution in [1.82, 2.24) is 23.6 Å². The number of likely N-dealkylation sites (N-methyl/N-ethyl adjacent to an activating group) is 1. The molecule has 0 saturated carbocycles. The van der Waals surface area contributed by atoms with E-state index in [0.717, 1.165) is 35.6 Å². The van der Waals surface area contributed by atoms with Crippen LogP contribution in [-0.4, -0.2) is 57.4 Å². The fourth-order valence-electron chi connectivity index (χ4n) is 3.82. The first kappa shape index (κ1) is 22.6. The highest BCUT2D eigenvalue weighted by Gasteiger charge is 2.20. The molecule has 0 atom stereocenters. The molecular weight excluding hydrogens is 398 g/mol. The Bertz CT molecular complexity index is 1190. The summed E-state index contributed by atoms with van der Waals surface area (Å²) in [4.78, 5) is 32.4. The van der Waals surface area contributed by atoms with E-state index >= 15 is 0 Å². The Morgan fingerprint density at radius 2 is 1.68 bits per heavy atom. The molecule has 9 nitrogen and oxygen atoms in total. The van der Waals surface area contributed by atoms with Gasteiger partial charge in [0.2, 0.25) is 0 Å². The van der Waals surface area contributed by atoms with Gasteiger partial charge in [-0.2, -0.15) is 0 Å². The van der Waals surface area contributed by atoms with Gasteiger partial charge in [0.05, 0.1) is 14.2 Å². The summed E-state index contributed by atoms with van der Waals surface area (Å²) in [5, 5.41) is 0. The number of rotatable bonds is 9. The van der Waals surface area contributed by atoms with Crippen molar-refractivity contribution in [2.24, 2.45) is 14.1 Å². The molecule has 0 bridgehead atoms. The molecule has 0 radical (unpaired) electrons. The van der Waals surface area contributed by atoms with Crippen LogP contribution in [0.5, 0.6) is 11.5 Å². The smallest absolute Gasteiger partial charge is 0.332 e. The number of imidazole rings is 1. The minimum atomic E-state index is -0.386. The molecule has 1 aromatic carbocycles. The van der Waals surface area contributed by atoms with Gasteiger partial charge in [-0.1, -0.05) is 19.9 Å². The number of hydrogen-bond acceptors (Lipinski definition) is 6. The van der Waals surface area contributed by atoms with Gasteiger partial charge < -0.3 is 18.9 Å². The van der Waals surface area contributed by atoms with E-state index < -0.39 is 0 Å². The Morgan fingerprint density at radius 3 is 2.29 bits per heavy atom. The van der Waals surface area contributed by atoms with Crippen LogP contribution in [0.1, 0.15) is 25.2 Å². The van der Waals surface area contributed by atoms with Crippen molar-refractivity contribution in [2.45, 2.75) is 26.8 Å². The van der Waals surface area contributed by atoms with Crippen LogP contribution < -0.4 is 20.7 Å². The maximum atomic E-state index is 13.0. The highest BCUT2D eigenvalue weighted by Crippen LogP contribution is 2.28. The van der Waals surface area contributed by atoms with E-state index in [1.807, 2.05) is 22.8 Å². The van der Waals surface area contributed by atoms with Crippen LogP contribution in [0.3, 0.4) is 0 Å². The summed E-state index contributed by atoms with van der Waals surface area (Å²) in [5.41, 5.74) is 1.11. The number of aromatic nitrogens is 4. The number of nitrogens with zero attached hydrogens (tertiary/aromatic N) is 5. The Hall–Kier alpha value is -3.07. The van der Waals surface area contributed by atoms with Gasteiger partial charge >= 0.3 is 5.69 Å². The quantitative estimate of drug-likeness (QED) is 0.511. The number of methoxy groups -OCH3 is 2. The zero-order chi connectivity index (χ0) is 22.7. The van der Waals surface area contributed by atoms with Crippen LogP contribution in [0.2, 0.25) is 0 Å². The van der Waals surface area contributed by atoms with Crippen molar-refractivity contribution in [2.75, 3.05) is 33.9 Å². The molecule has 0 aliphatic rings. The van der Waals surface area contributed by atoms with Crippen LogP contribution >= 0.6 is 0 Å². The van der Waals surface area contributed by atoms with Crippen molar-refractivity contribution in [3.8, 4) is 11.5 Å². The van der Waals surface area contributed by atoms with Gasteiger partial charge in [0, 0.05) is 33.6 Å². The average molecular weight is 430 g/mol. The summed E-state index contributed by atoms with van der Waals surface area (Å²) in [7, 11) is 6.34. The summed E-state index contributed by atoms with van der Waals surface area (Å²) < 4.78 is 15.3. The minimum absolute atomic E-state index is 0.330. The molecule has 0 spiro atoms. The molecule has 0 saturated heterocycles. The first-order valence-electron chi connectivity index (χ1n) is 10.4. The SMILES string of the molecule is CCN(CC)CCn1c(Cc2ccc(OC)c(OC)c2)nc2c1c(=O)n(C)c(=O)n2C. The van der Waals surface area contributed by atoms with Crippen LogP contribution in [0.15, 0.2) is 27.8 Å². The second-order valence-electron chi connectivity index (χ2n) is 7.45. The molecule has 3 aromatic rings. The molecule has 0 aliphatic heterocycles. The summed E-state index contributed by atoms with van der Waals surface area (Å²) in [5.74, 6) is 2.01. The zero-order valence-corrected chi connectivity index (χ0v) is 19.1. The van der Waals surface area contributed by atoms with Crippen molar-refractivity contribution in [3.63, 3.8) is 0 Å². The van der Waals surface area contributed by atoms with Crippen LogP contribution in [0.4, 0.5) is 0 Å². The fraction of sp³-hybridized carbons (Fsp3) is 0.500. The predicted octanol–water partition coefficient (Wildman–Crippen LogP) is 1.38. The third kappa shape index (κ3) is 4.23. The van der Waals surface area contributed by atoms with Gasteiger partial charge in [0.15, 0.2) is 22.7 Å². The van der Waals surface area contributed by atoms with Crippen LogP contribution in [0, 0.1) is 0 Å². The zero-order valence-electron chi connectivity index (χ0n) is 19.1. The Kier molecular flexibility index (Phi) is 6.84. The first-order valence-corrected chi connectivity index (χ1v) is 10.4. The Balaban J connectivity index is 2.14. The van der Waals surface area contributed by atoms with E-state index in [-0.39, 0.29) is 11.2 Å². The van der Waals surface area contributed by atoms with Crippen molar-refractivity contribution < 1.29 is 9.47 Å². The molecule has 168 valence electrons. The first-order chi connectivity index (χ1) is 14.9. The summed E-state index contributed by atoms with van der Waals surface area (Å²) in [6.07, 6.45) is 0.491. The lowest BCUT2D eigenvalue weighted by Crippen LogP contribution is -2.38. The van der Waals surface area contributed by atoms with E-state index in [1.165, 1.54) is 11.6 Å². The molecule has 0 fully saturated rings. The summed E-state index contributed by atoms with van der Waals surface area (Å²) in [6, 6.07) is 5.71. The third-order valence-electron chi connectivity index (χ3n) is 5.77. The van der Waals surface area contributed by atoms with Gasteiger partial charge in [-0.15, -0.1) is 0 Å². The number of benzene rings is 1. The van der Waals surface area contributed by atoms with E-state index in [2.05, 4.69) is 18.7 Å². The summed E-state index contributed by atoms with van der Waals surface area (Å²) >= 11 is 0. The minimum Gasteiger partial charge on any atom is -0.493 e. The molecule has 31 heavy (non-hydrogen) atoms. The van der Waals surface area contributed by atoms with E-state index in [9.17, 15) is 9.59 Å². The normalized spacial score (nSPS) is 11.5. The van der Waals surface area contributed by atoms with E-state index in [0.29, 0.717) is 35.6 Å².